The summed E-state index contributed by atoms with van der Waals surface area (Å²) in [7, 11) is 3.20. The minimum absolute atomic E-state index is 0.130. The number of amidine groups is 1. The highest BCUT2D eigenvalue weighted by Gasteiger charge is 2.30. The van der Waals surface area contributed by atoms with Crippen LogP contribution in [0.3, 0.4) is 0 Å². The van der Waals surface area contributed by atoms with Crippen LogP contribution in [0.15, 0.2) is 81.1 Å². The number of amides is 1. The molecular weight excluding hydrogens is 532 g/mol. The Balaban J connectivity index is 1.58. The molecule has 0 bridgehead atoms. The first kappa shape index (κ1) is 24.6. The second-order valence-corrected chi connectivity index (χ2v) is 9.39. The van der Waals surface area contributed by atoms with Crippen LogP contribution in [-0.2, 0) is 11.4 Å². The molecule has 0 aliphatic carbocycles. The van der Waals surface area contributed by atoms with Crippen LogP contribution in [-0.4, -0.2) is 41.2 Å². The van der Waals surface area contributed by atoms with Gasteiger partial charge in [0.25, 0.3) is 5.91 Å². The lowest BCUT2D eigenvalue weighted by Gasteiger charge is -2.13. The molecule has 4 rings (SSSR count). The number of rotatable bonds is 7. The van der Waals surface area contributed by atoms with Crippen LogP contribution in [0, 0.1) is 0 Å². The molecule has 1 aliphatic heterocycles. The number of hydrogen-bond acceptors (Lipinski definition) is 6. The second-order valence-electron chi connectivity index (χ2n) is 7.52. The highest BCUT2D eigenvalue weighted by Crippen LogP contribution is 2.38. The van der Waals surface area contributed by atoms with Crippen molar-refractivity contribution in [3.8, 4) is 11.5 Å². The molecule has 0 atom stereocenters. The first-order valence-electron chi connectivity index (χ1n) is 10.5. The SMILES string of the molecule is COc1cc(C=C2SC(=Nc3cccc(C(=O)O)c3)N(C)C2=O)c(Br)cc1OCc1ccccc1. The number of likely N-dealkylation sites (N-methyl/N-ethyl adjacent to an activating group) is 1. The van der Waals surface area contributed by atoms with Gasteiger partial charge in [0.2, 0.25) is 0 Å². The number of aromatic carboxylic acids is 1. The Morgan fingerprint density at radius 2 is 1.89 bits per heavy atom. The summed E-state index contributed by atoms with van der Waals surface area (Å²) in [6.45, 7) is 0.395. The first-order valence-corrected chi connectivity index (χ1v) is 12.1. The van der Waals surface area contributed by atoms with Gasteiger partial charge < -0.3 is 14.6 Å². The molecular formula is C26H21BrN2O5S. The maximum atomic E-state index is 12.9. The number of halogens is 1. The zero-order chi connectivity index (χ0) is 24.9. The number of thioether (sulfide) groups is 1. The van der Waals surface area contributed by atoms with Crippen LogP contribution >= 0.6 is 27.7 Å². The summed E-state index contributed by atoms with van der Waals surface area (Å²) >= 11 is 4.78. The largest absolute Gasteiger partial charge is 0.493 e. The van der Waals surface area contributed by atoms with Crippen molar-refractivity contribution in [3.05, 3.63) is 92.8 Å². The minimum atomic E-state index is -1.04. The summed E-state index contributed by atoms with van der Waals surface area (Å²) in [6, 6.07) is 19.7. The van der Waals surface area contributed by atoms with Gasteiger partial charge in [-0.05, 0) is 59.3 Å². The van der Waals surface area contributed by atoms with E-state index in [-0.39, 0.29) is 11.5 Å². The predicted octanol–water partition coefficient (Wildman–Crippen LogP) is 5.97. The fraction of sp³-hybridized carbons (Fsp3) is 0.115. The van der Waals surface area contributed by atoms with Crippen molar-refractivity contribution in [2.45, 2.75) is 6.61 Å². The molecule has 0 spiro atoms. The van der Waals surface area contributed by atoms with Gasteiger partial charge in [0.1, 0.15) is 6.61 Å². The topological polar surface area (TPSA) is 88.4 Å². The van der Waals surface area contributed by atoms with Gasteiger partial charge in [0, 0.05) is 11.5 Å². The van der Waals surface area contributed by atoms with E-state index in [1.807, 2.05) is 36.4 Å². The zero-order valence-corrected chi connectivity index (χ0v) is 21.3. The summed E-state index contributed by atoms with van der Waals surface area (Å²) in [5, 5.41) is 9.65. The van der Waals surface area contributed by atoms with Crippen molar-refractivity contribution in [3.63, 3.8) is 0 Å². The van der Waals surface area contributed by atoms with Gasteiger partial charge in [-0.25, -0.2) is 9.79 Å². The van der Waals surface area contributed by atoms with E-state index in [1.165, 1.54) is 28.8 Å². The smallest absolute Gasteiger partial charge is 0.335 e. The lowest BCUT2D eigenvalue weighted by molar-refractivity contribution is -0.121. The van der Waals surface area contributed by atoms with Crippen LogP contribution in [0.1, 0.15) is 21.5 Å². The molecule has 1 fully saturated rings. The summed E-state index contributed by atoms with van der Waals surface area (Å²) in [4.78, 5) is 30.5. The van der Waals surface area contributed by atoms with Crippen LogP contribution in [0.2, 0.25) is 0 Å². The lowest BCUT2D eigenvalue weighted by Crippen LogP contribution is -2.23. The van der Waals surface area contributed by atoms with Crippen molar-refractivity contribution in [2.24, 2.45) is 4.99 Å². The van der Waals surface area contributed by atoms with Gasteiger partial charge in [0.05, 0.1) is 23.3 Å². The zero-order valence-electron chi connectivity index (χ0n) is 18.9. The van der Waals surface area contributed by atoms with E-state index < -0.39 is 5.97 Å². The standard InChI is InChI=1S/C26H21BrN2O5S/c1-29-24(30)23(35-26(29)28-19-10-6-9-17(11-19)25(31)32)13-18-12-21(33-2)22(14-20(18)27)34-15-16-7-4-3-5-8-16/h3-14H,15H2,1-2H3,(H,31,32). The Hall–Kier alpha value is -3.56. The van der Waals surface area contributed by atoms with E-state index in [0.29, 0.717) is 33.9 Å². The number of methoxy groups -OCH3 is 1. The van der Waals surface area contributed by atoms with E-state index in [0.717, 1.165) is 15.6 Å². The van der Waals surface area contributed by atoms with Crippen molar-refractivity contribution in [2.75, 3.05) is 14.2 Å². The van der Waals surface area contributed by atoms with Crippen molar-refractivity contribution >= 4 is 56.5 Å². The highest BCUT2D eigenvalue weighted by molar-refractivity contribution is 9.10. The number of carboxylic acid groups (broad SMARTS) is 1. The summed E-state index contributed by atoms with van der Waals surface area (Å²) < 4.78 is 12.2. The van der Waals surface area contributed by atoms with Crippen molar-refractivity contribution < 1.29 is 24.2 Å². The van der Waals surface area contributed by atoms with Gasteiger partial charge in [-0.1, -0.05) is 52.3 Å². The average Bonchev–Trinajstić information content (AvgIpc) is 3.12. The Morgan fingerprint density at radius 3 is 2.60 bits per heavy atom. The van der Waals surface area contributed by atoms with E-state index in [1.54, 1.807) is 38.4 Å². The molecule has 0 saturated carbocycles. The van der Waals surface area contributed by atoms with E-state index in [4.69, 9.17) is 9.47 Å². The highest BCUT2D eigenvalue weighted by atomic mass is 79.9. The van der Waals surface area contributed by atoms with Crippen LogP contribution < -0.4 is 9.47 Å². The normalized spacial score (nSPS) is 15.6. The number of carbonyl (C=O) groups excluding carboxylic acids is 1. The predicted molar refractivity (Wildman–Crippen MR) is 140 cm³/mol. The van der Waals surface area contributed by atoms with Crippen LogP contribution in [0.25, 0.3) is 6.08 Å². The molecule has 1 heterocycles. The lowest BCUT2D eigenvalue weighted by atomic mass is 10.1. The number of aliphatic imine (C=N–C) groups is 1. The van der Waals surface area contributed by atoms with Gasteiger partial charge in [-0.15, -0.1) is 0 Å². The second kappa shape index (κ2) is 10.8. The monoisotopic (exact) mass is 552 g/mol. The van der Waals surface area contributed by atoms with Crippen LogP contribution in [0.4, 0.5) is 5.69 Å². The number of carboxylic acids is 1. The van der Waals surface area contributed by atoms with E-state index in [9.17, 15) is 14.7 Å². The Labute approximate surface area is 215 Å². The molecule has 1 aliphatic rings. The molecule has 0 aromatic heterocycles. The quantitative estimate of drug-likeness (QED) is 0.363. The molecule has 7 nitrogen and oxygen atoms in total. The molecule has 3 aromatic rings. The van der Waals surface area contributed by atoms with E-state index in [2.05, 4.69) is 20.9 Å². The third-order valence-corrected chi connectivity index (χ3v) is 6.88. The molecule has 0 radical (unpaired) electrons. The Morgan fingerprint density at radius 1 is 1.11 bits per heavy atom. The summed E-state index contributed by atoms with van der Waals surface area (Å²) in [5.41, 5.74) is 2.36. The number of nitrogens with zero attached hydrogens (tertiary/aromatic N) is 2. The third kappa shape index (κ3) is 5.75. The minimum Gasteiger partial charge on any atom is -0.493 e. The molecule has 3 aromatic carbocycles. The van der Waals surface area contributed by atoms with Crippen LogP contribution in [0.5, 0.6) is 11.5 Å². The summed E-state index contributed by atoms with van der Waals surface area (Å²) in [5.74, 6) is -0.128. The Kier molecular flexibility index (Phi) is 7.57. The maximum absolute atomic E-state index is 12.9. The van der Waals surface area contributed by atoms with Crippen molar-refractivity contribution in [1.82, 2.24) is 4.90 Å². The third-order valence-electron chi connectivity index (χ3n) is 5.13. The van der Waals surface area contributed by atoms with Gasteiger partial charge in [0.15, 0.2) is 16.7 Å². The fourth-order valence-corrected chi connectivity index (χ4v) is 4.70. The first-order chi connectivity index (χ1) is 16.9. The average molecular weight is 553 g/mol. The molecule has 1 N–H and O–H groups in total. The number of benzene rings is 3. The molecule has 178 valence electrons. The number of hydrogen-bond donors (Lipinski definition) is 1. The number of ether oxygens (including phenoxy) is 2. The molecule has 9 heteroatoms. The van der Waals surface area contributed by atoms with Crippen molar-refractivity contribution in [1.29, 1.82) is 0 Å². The molecule has 35 heavy (non-hydrogen) atoms. The van der Waals surface area contributed by atoms with Gasteiger partial charge in [-0.2, -0.15) is 0 Å². The van der Waals surface area contributed by atoms with E-state index >= 15 is 0 Å². The Bertz CT molecular complexity index is 1340. The summed E-state index contributed by atoms with van der Waals surface area (Å²) in [6.07, 6.45) is 1.76. The van der Waals surface area contributed by atoms with Gasteiger partial charge in [-0.3, -0.25) is 9.69 Å². The van der Waals surface area contributed by atoms with Gasteiger partial charge >= 0.3 is 5.97 Å². The molecule has 1 amide bonds. The maximum Gasteiger partial charge on any atom is 0.335 e. The molecule has 0 unspecified atom stereocenters. The molecule has 1 saturated heterocycles. The number of carbonyl (C=O) groups is 2. The fourth-order valence-electron chi connectivity index (χ4n) is 3.28.